The molecule has 0 saturated heterocycles. The molecule has 0 bridgehead atoms. The Morgan fingerprint density at radius 2 is 1.89 bits per heavy atom. The Hall–Kier alpha value is -1.20. The summed E-state index contributed by atoms with van der Waals surface area (Å²) >= 11 is 0. The van der Waals surface area contributed by atoms with E-state index in [1.165, 1.54) is 11.3 Å². The van der Waals surface area contributed by atoms with Crippen LogP contribution in [0.2, 0.25) is 0 Å². The molecule has 1 heterocycles. The summed E-state index contributed by atoms with van der Waals surface area (Å²) in [6.07, 6.45) is 0.417. The summed E-state index contributed by atoms with van der Waals surface area (Å²) in [6.45, 7) is 7.02. The molecule has 0 radical (unpaired) electrons. The minimum absolute atomic E-state index is 0.0331. The molecule has 0 spiro atoms. The number of hydrogen-bond donors (Lipinski definition) is 1. The normalized spacial score (nSPS) is 17.7. The van der Waals surface area contributed by atoms with Gasteiger partial charge in [-0.15, -0.1) is 0 Å². The van der Waals surface area contributed by atoms with Crippen molar-refractivity contribution in [2.24, 2.45) is 0 Å². The van der Waals surface area contributed by atoms with Gasteiger partial charge < -0.3 is 0 Å². The molecule has 1 aromatic carbocycles. The Balaban J connectivity index is 2.27. The van der Waals surface area contributed by atoms with Gasteiger partial charge in [0.25, 0.3) is 10.1 Å². The molecular formula is C14H20NO3S+. The smallest absolute Gasteiger partial charge is 0.265 e. The van der Waals surface area contributed by atoms with Gasteiger partial charge >= 0.3 is 0 Å². The van der Waals surface area contributed by atoms with Gasteiger partial charge in [-0.1, -0.05) is 18.2 Å². The molecule has 0 unspecified atom stereocenters. The Morgan fingerprint density at radius 1 is 1.26 bits per heavy atom. The maximum absolute atomic E-state index is 10.8. The summed E-state index contributed by atoms with van der Waals surface area (Å²) in [5.74, 6) is -0.195. The van der Waals surface area contributed by atoms with Crippen molar-refractivity contribution in [2.45, 2.75) is 32.6 Å². The number of nitrogens with zero attached hydrogens (tertiary/aromatic N) is 1. The van der Waals surface area contributed by atoms with Crippen LogP contribution >= 0.6 is 0 Å². The molecule has 0 aliphatic carbocycles. The predicted molar refractivity (Wildman–Crippen MR) is 76.0 cm³/mol. The summed E-state index contributed by atoms with van der Waals surface area (Å²) in [6, 6.07) is 8.18. The van der Waals surface area contributed by atoms with Crippen molar-refractivity contribution in [3.63, 3.8) is 0 Å². The van der Waals surface area contributed by atoms with E-state index >= 15 is 0 Å². The predicted octanol–water partition coefficient (Wildman–Crippen LogP) is 2.36. The van der Waals surface area contributed by atoms with E-state index in [1.807, 2.05) is 12.1 Å². The fraction of sp³-hybridized carbons (Fsp3) is 0.500. The largest absolute Gasteiger partial charge is 0.286 e. The zero-order valence-corrected chi connectivity index (χ0v) is 12.4. The van der Waals surface area contributed by atoms with Crippen molar-refractivity contribution in [3.8, 4) is 0 Å². The molecule has 1 N–H and O–H groups in total. The second-order valence-electron chi connectivity index (χ2n) is 5.52. The second kappa shape index (κ2) is 4.72. The van der Waals surface area contributed by atoms with Crippen LogP contribution in [0.1, 0.15) is 32.8 Å². The zero-order chi connectivity index (χ0) is 14.3. The van der Waals surface area contributed by atoms with Crippen LogP contribution in [-0.4, -0.2) is 35.6 Å². The quantitative estimate of drug-likeness (QED) is 0.681. The topological polar surface area (TPSA) is 57.4 Å². The SMILES string of the molecule is CC1=[N+](CCCS(=O)(=O)O)c2ccccc2C1(C)C. The lowest BCUT2D eigenvalue weighted by Gasteiger charge is -2.14. The van der Waals surface area contributed by atoms with Gasteiger partial charge in [0.05, 0.1) is 11.2 Å². The minimum Gasteiger partial charge on any atom is -0.286 e. The van der Waals surface area contributed by atoms with Crippen LogP contribution in [0, 0.1) is 0 Å². The van der Waals surface area contributed by atoms with Crippen molar-refractivity contribution in [1.82, 2.24) is 0 Å². The first-order valence-corrected chi connectivity index (χ1v) is 8.00. The monoisotopic (exact) mass is 282 g/mol. The minimum atomic E-state index is -3.88. The first kappa shape index (κ1) is 14.2. The fourth-order valence-corrected chi connectivity index (χ4v) is 3.14. The zero-order valence-electron chi connectivity index (χ0n) is 11.5. The van der Waals surface area contributed by atoms with Gasteiger partial charge in [-0.05, 0) is 13.8 Å². The summed E-state index contributed by atoms with van der Waals surface area (Å²) in [7, 11) is -3.88. The lowest BCUT2D eigenvalue weighted by Crippen LogP contribution is -2.27. The van der Waals surface area contributed by atoms with Crippen LogP contribution in [0.5, 0.6) is 0 Å². The van der Waals surface area contributed by atoms with Crippen LogP contribution in [0.15, 0.2) is 24.3 Å². The van der Waals surface area contributed by atoms with Crippen molar-refractivity contribution in [1.29, 1.82) is 0 Å². The molecule has 0 atom stereocenters. The fourth-order valence-electron chi connectivity index (χ4n) is 2.64. The highest BCUT2D eigenvalue weighted by atomic mass is 32.2. The number of rotatable bonds is 4. The Kier molecular flexibility index (Phi) is 3.53. The van der Waals surface area contributed by atoms with E-state index in [1.54, 1.807) is 0 Å². The average molecular weight is 282 g/mol. The van der Waals surface area contributed by atoms with Crippen molar-refractivity contribution in [3.05, 3.63) is 29.8 Å². The number of para-hydroxylation sites is 1. The van der Waals surface area contributed by atoms with E-state index in [-0.39, 0.29) is 11.2 Å². The molecule has 1 aromatic rings. The van der Waals surface area contributed by atoms with E-state index < -0.39 is 10.1 Å². The highest BCUT2D eigenvalue weighted by molar-refractivity contribution is 7.85. The molecule has 1 aliphatic heterocycles. The number of hydrogen-bond acceptors (Lipinski definition) is 2. The maximum atomic E-state index is 10.8. The summed E-state index contributed by atoms with van der Waals surface area (Å²) < 4.78 is 32.5. The Bertz CT molecular complexity index is 630. The van der Waals surface area contributed by atoms with Crippen LogP contribution < -0.4 is 0 Å². The number of benzene rings is 1. The van der Waals surface area contributed by atoms with Crippen LogP contribution in [0.4, 0.5) is 5.69 Å². The van der Waals surface area contributed by atoms with Gasteiger partial charge in [0.2, 0.25) is 5.69 Å². The third-order valence-corrected chi connectivity index (χ3v) is 4.77. The van der Waals surface area contributed by atoms with Gasteiger partial charge in [0.15, 0.2) is 5.71 Å². The van der Waals surface area contributed by atoms with Crippen LogP contribution in [0.3, 0.4) is 0 Å². The van der Waals surface area contributed by atoms with Gasteiger partial charge in [-0.2, -0.15) is 13.0 Å². The van der Waals surface area contributed by atoms with Crippen molar-refractivity contribution in [2.75, 3.05) is 12.3 Å². The summed E-state index contributed by atoms with van der Waals surface area (Å²) in [5.41, 5.74) is 3.58. The second-order valence-corrected chi connectivity index (χ2v) is 7.09. The standard InChI is InChI=1S/C14H19NO3S/c1-11-14(2,3)12-7-4-5-8-13(12)15(11)9-6-10-19(16,17)18/h4-5,7-8H,6,9-10H2,1-3H3/p+1. The molecule has 19 heavy (non-hydrogen) atoms. The van der Waals surface area contributed by atoms with Gasteiger partial charge in [-0.25, -0.2) is 0 Å². The first-order valence-electron chi connectivity index (χ1n) is 6.40. The molecule has 0 aromatic heterocycles. The summed E-state index contributed by atoms with van der Waals surface area (Å²) in [4.78, 5) is 0. The lowest BCUT2D eigenvalue weighted by atomic mass is 9.82. The van der Waals surface area contributed by atoms with E-state index in [0.717, 1.165) is 5.69 Å². The molecule has 0 amide bonds. The molecule has 104 valence electrons. The lowest BCUT2D eigenvalue weighted by molar-refractivity contribution is -0.438. The van der Waals surface area contributed by atoms with Crippen LogP contribution in [0.25, 0.3) is 0 Å². The molecule has 1 aliphatic rings. The maximum Gasteiger partial charge on any atom is 0.265 e. The molecule has 2 rings (SSSR count). The van der Waals surface area contributed by atoms with Crippen molar-refractivity contribution < 1.29 is 17.5 Å². The summed E-state index contributed by atoms with van der Waals surface area (Å²) in [5, 5.41) is 0. The Labute approximate surface area is 114 Å². The average Bonchev–Trinajstić information content (AvgIpc) is 2.50. The molecule has 5 heteroatoms. The van der Waals surface area contributed by atoms with Crippen molar-refractivity contribution >= 4 is 21.5 Å². The first-order chi connectivity index (χ1) is 8.73. The van der Waals surface area contributed by atoms with Crippen LogP contribution in [-0.2, 0) is 15.5 Å². The van der Waals surface area contributed by atoms with E-state index in [2.05, 4.69) is 37.5 Å². The highest BCUT2D eigenvalue weighted by Gasteiger charge is 2.42. The molecule has 0 fully saturated rings. The van der Waals surface area contributed by atoms with E-state index in [4.69, 9.17) is 4.55 Å². The van der Waals surface area contributed by atoms with Gasteiger partial charge in [-0.3, -0.25) is 4.55 Å². The highest BCUT2D eigenvalue weighted by Crippen LogP contribution is 2.39. The molecule has 0 saturated carbocycles. The van der Waals surface area contributed by atoms with Gasteiger partial charge in [0.1, 0.15) is 6.54 Å². The molecule has 4 nitrogen and oxygen atoms in total. The third kappa shape index (κ3) is 2.72. The van der Waals surface area contributed by atoms with E-state index in [0.29, 0.717) is 13.0 Å². The van der Waals surface area contributed by atoms with Gasteiger partial charge in [0, 0.05) is 25.0 Å². The number of fused-ring (bicyclic) bond motifs is 1. The van der Waals surface area contributed by atoms with E-state index in [9.17, 15) is 8.42 Å². The molecular weight excluding hydrogens is 262 g/mol. The third-order valence-electron chi connectivity index (χ3n) is 3.96. The Morgan fingerprint density at radius 3 is 2.53 bits per heavy atom.